The molecule has 0 radical (unpaired) electrons. The number of nitrogens with zero attached hydrogens (tertiary/aromatic N) is 1. The van der Waals surface area contributed by atoms with Gasteiger partial charge in [0.1, 0.15) is 5.76 Å². The number of carbonyl (C=O) groups is 2. The number of fused-ring (bicyclic) bond motifs is 2. The van der Waals surface area contributed by atoms with E-state index in [0.717, 1.165) is 18.4 Å². The zero-order valence-corrected chi connectivity index (χ0v) is 15.6. The van der Waals surface area contributed by atoms with Crippen molar-refractivity contribution < 1.29 is 14.3 Å². The van der Waals surface area contributed by atoms with Crippen LogP contribution in [0.5, 0.6) is 0 Å². The molecule has 1 aliphatic heterocycles. The largest absolute Gasteiger partial charge is 0.477 e. The van der Waals surface area contributed by atoms with E-state index in [0.29, 0.717) is 23.2 Å². The number of Topliss-reactive ketones (excluding diaryl/α,β-unsaturated/α-hetero) is 1. The third-order valence-corrected chi connectivity index (χ3v) is 6.18. The first-order valence-electron chi connectivity index (χ1n) is 9.33. The van der Waals surface area contributed by atoms with Gasteiger partial charge in [-0.3, -0.25) is 14.5 Å². The van der Waals surface area contributed by atoms with Crippen LogP contribution in [0.15, 0.2) is 48.2 Å². The fourth-order valence-corrected chi connectivity index (χ4v) is 4.59. The minimum Gasteiger partial charge on any atom is -0.477 e. The summed E-state index contributed by atoms with van der Waals surface area (Å²) in [6.45, 7) is 5.65. The Morgan fingerprint density at radius 1 is 1.15 bits per heavy atom. The monoisotopic (exact) mass is 351 g/mol. The van der Waals surface area contributed by atoms with Crippen LogP contribution >= 0.6 is 0 Å². The first-order valence-corrected chi connectivity index (χ1v) is 9.33. The molecule has 136 valence electrons. The van der Waals surface area contributed by atoms with Crippen molar-refractivity contribution in [3.63, 3.8) is 0 Å². The van der Waals surface area contributed by atoms with Crippen LogP contribution in [0, 0.1) is 17.8 Å². The molecule has 1 heterocycles. The first kappa shape index (κ1) is 17.1. The molecule has 1 amide bonds. The molecule has 3 unspecified atom stereocenters. The predicted octanol–water partition coefficient (Wildman–Crippen LogP) is 3.79. The van der Waals surface area contributed by atoms with Crippen molar-refractivity contribution in [3.8, 4) is 0 Å². The van der Waals surface area contributed by atoms with Gasteiger partial charge in [-0.25, -0.2) is 0 Å². The second-order valence-electron chi connectivity index (χ2n) is 8.11. The zero-order chi connectivity index (χ0) is 18.5. The molecule has 0 aromatic heterocycles. The summed E-state index contributed by atoms with van der Waals surface area (Å²) in [5.74, 6) is 1.51. The summed E-state index contributed by atoms with van der Waals surface area (Å²) >= 11 is 0. The van der Waals surface area contributed by atoms with Crippen LogP contribution in [0.1, 0.15) is 39.2 Å². The normalized spacial score (nSPS) is 27.9. The quantitative estimate of drug-likeness (QED) is 0.775. The van der Waals surface area contributed by atoms with Crippen molar-refractivity contribution in [3.05, 3.63) is 53.8 Å². The van der Waals surface area contributed by atoms with E-state index in [1.54, 1.807) is 4.90 Å². The lowest BCUT2D eigenvalue weighted by Crippen LogP contribution is -2.57. The summed E-state index contributed by atoms with van der Waals surface area (Å²) in [4.78, 5) is 28.2. The zero-order valence-electron chi connectivity index (χ0n) is 15.6. The average molecular weight is 351 g/mol. The van der Waals surface area contributed by atoms with E-state index in [4.69, 9.17) is 4.74 Å². The number of ketones is 1. The van der Waals surface area contributed by atoms with Gasteiger partial charge < -0.3 is 4.74 Å². The highest BCUT2D eigenvalue weighted by Crippen LogP contribution is 2.46. The molecule has 2 bridgehead atoms. The third kappa shape index (κ3) is 2.59. The number of carbonyl (C=O) groups excluding carboxylic acids is 2. The van der Waals surface area contributed by atoms with Crippen LogP contribution in [0.2, 0.25) is 0 Å². The van der Waals surface area contributed by atoms with E-state index in [9.17, 15) is 9.59 Å². The summed E-state index contributed by atoms with van der Waals surface area (Å²) in [5.41, 5.74) is 0.484. The van der Waals surface area contributed by atoms with Gasteiger partial charge in [-0.15, -0.1) is 0 Å². The lowest BCUT2D eigenvalue weighted by molar-refractivity contribution is -0.151. The topological polar surface area (TPSA) is 46.6 Å². The summed E-state index contributed by atoms with van der Waals surface area (Å²) < 4.78 is 5.81. The fraction of sp³-hybridized carbons (Fsp3) is 0.455. The lowest BCUT2D eigenvalue weighted by atomic mass is 9.80. The molecular formula is C22H25NO3. The van der Waals surface area contributed by atoms with Crippen molar-refractivity contribution in [2.45, 2.75) is 39.2 Å². The molecule has 1 aromatic carbocycles. The summed E-state index contributed by atoms with van der Waals surface area (Å²) in [6.07, 6.45) is 6.40. The van der Waals surface area contributed by atoms with Crippen molar-refractivity contribution in [1.29, 1.82) is 0 Å². The van der Waals surface area contributed by atoms with E-state index in [2.05, 4.69) is 12.2 Å². The Kier molecular flexibility index (Phi) is 4.02. The van der Waals surface area contributed by atoms with Gasteiger partial charge in [0, 0.05) is 5.92 Å². The van der Waals surface area contributed by atoms with Gasteiger partial charge in [0.15, 0.2) is 12.5 Å². The molecule has 1 aromatic rings. The number of hydrogen-bond donors (Lipinski definition) is 0. The second-order valence-corrected chi connectivity index (χ2v) is 8.11. The maximum absolute atomic E-state index is 13.3. The predicted molar refractivity (Wildman–Crippen MR) is 99.8 cm³/mol. The number of rotatable bonds is 4. The number of hydrogen-bond acceptors (Lipinski definition) is 3. The van der Waals surface area contributed by atoms with Gasteiger partial charge in [-0.1, -0.05) is 42.5 Å². The molecule has 3 atom stereocenters. The standard InChI is InChI=1S/C22H25NO3/c1-14-19(16-7-5-4-6-8-16)21(25)23(13-26-14)22(2,3)20(24)18-12-15-9-10-17(18)11-15/h4-10,15,17-18H,11-13H2,1-3H3. The van der Waals surface area contributed by atoms with Crippen molar-refractivity contribution >= 4 is 17.3 Å². The minimum atomic E-state index is -0.888. The Morgan fingerprint density at radius 3 is 2.50 bits per heavy atom. The van der Waals surface area contributed by atoms with Crippen molar-refractivity contribution in [2.75, 3.05) is 6.73 Å². The van der Waals surface area contributed by atoms with E-state index in [1.165, 1.54) is 0 Å². The molecule has 3 aliphatic rings. The summed E-state index contributed by atoms with van der Waals surface area (Å²) in [7, 11) is 0. The Labute approximate surface area is 154 Å². The smallest absolute Gasteiger partial charge is 0.261 e. The SMILES string of the molecule is CC1=C(c2ccccc2)C(=O)N(C(C)(C)C(=O)C2CC3C=CC2C3)CO1. The molecule has 26 heavy (non-hydrogen) atoms. The van der Waals surface area contributed by atoms with E-state index in [1.807, 2.05) is 51.1 Å². The van der Waals surface area contributed by atoms with Crippen LogP contribution in [-0.2, 0) is 14.3 Å². The minimum absolute atomic E-state index is 0.0139. The van der Waals surface area contributed by atoms with Crippen LogP contribution in [0.4, 0.5) is 0 Å². The molecule has 1 fully saturated rings. The van der Waals surface area contributed by atoms with Crippen LogP contribution in [0.3, 0.4) is 0 Å². The van der Waals surface area contributed by atoms with Crippen LogP contribution in [0.25, 0.3) is 5.57 Å². The molecule has 4 rings (SSSR count). The molecule has 4 nitrogen and oxygen atoms in total. The van der Waals surface area contributed by atoms with E-state index in [-0.39, 0.29) is 24.3 Å². The highest BCUT2D eigenvalue weighted by molar-refractivity contribution is 6.21. The number of benzene rings is 1. The Balaban J connectivity index is 1.62. The number of ether oxygens (including phenoxy) is 1. The van der Waals surface area contributed by atoms with Crippen molar-refractivity contribution in [1.82, 2.24) is 4.90 Å². The highest BCUT2D eigenvalue weighted by Gasteiger charge is 2.49. The lowest BCUT2D eigenvalue weighted by Gasteiger charge is -2.42. The molecular weight excluding hydrogens is 326 g/mol. The summed E-state index contributed by atoms with van der Waals surface area (Å²) in [6, 6.07) is 9.53. The van der Waals surface area contributed by atoms with Crippen molar-refractivity contribution in [2.24, 2.45) is 17.8 Å². The van der Waals surface area contributed by atoms with Gasteiger partial charge >= 0.3 is 0 Å². The third-order valence-electron chi connectivity index (χ3n) is 6.18. The van der Waals surface area contributed by atoms with E-state index >= 15 is 0 Å². The molecule has 0 N–H and O–H groups in total. The van der Waals surface area contributed by atoms with E-state index < -0.39 is 5.54 Å². The molecule has 2 aliphatic carbocycles. The average Bonchev–Trinajstić information content (AvgIpc) is 3.25. The first-order chi connectivity index (χ1) is 12.4. The number of allylic oxidation sites excluding steroid dienone is 3. The fourth-order valence-electron chi connectivity index (χ4n) is 4.59. The van der Waals surface area contributed by atoms with Gasteiger partial charge in [0.05, 0.1) is 11.1 Å². The molecule has 0 saturated heterocycles. The Bertz CT molecular complexity index is 806. The van der Waals surface area contributed by atoms with Gasteiger partial charge in [-0.2, -0.15) is 0 Å². The number of amides is 1. The molecule has 4 heteroatoms. The van der Waals surface area contributed by atoms with Crippen LogP contribution < -0.4 is 0 Å². The molecule has 1 saturated carbocycles. The Hall–Kier alpha value is -2.36. The highest BCUT2D eigenvalue weighted by atomic mass is 16.5. The maximum atomic E-state index is 13.3. The second kappa shape index (κ2) is 6.11. The molecule has 0 spiro atoms. The maximum Gasteiger partial charge on any atom is 0.261 e. The summed E-state index contributed by atoms with van der Waals surface area (Å²) in [5, 5.41) is 0. The van der Waals surface area contributed by atoms with Gasteiger partial charge in [0.25, 0.3) is 5.91 Å². The Morgan fingerprint density at radius 2 is 1.88 bits per heavy atom. The van der Waals surface area contributed by atoms with Gasteiger partial charge in [-0.05, 0) is 51.0 Å². The van der Waals surface area contributed by atoms with Gasteiger partial charge in [0.2, 0.25) is 0 Å². The van der Waals surface area contributed by atoms with Crippen LogP contribution in [-0.4, -0.2) is 28.9 Å².